The summed E-state index contributed by atoms with van der Waals surface area (Å²) in [5.41, 5.74) is 15.9. The summed E-state index contributed by atoms with van der Waals surface area (Å²) in [6.45, 7) is 2.33. The smallest absolute Gasteiger partial charge is 0.160 e. The number of hydrogen-bond acceptors (Lipinski definition) is 2. The monoisotopic (exact) mass is 730 g/mol. The van der Waals surface area contributed by atoms with E-state index in [1.165, 1.54) is 55.1 Å². The first kappa shape index (κ1) is 33.1. The molecule has 0 saturated heterocycles. The van der Waals surface area contributed by atoms with E-state index in [1.54, 1.807) is 0 Å². The van der Waals surface area contributed by atoms with Crippen LogP contribution in [0.15, 0.2) is 188 Å². The molecule has 0 amide bonds. The van der Waals surface area contributed by atoms with E-state index in [4.69, 9.17) is 9.97 Å². The molecule has 270 valence electrons. The minimum atomic E-state index is 0.428. The van der Waals surface area contributed by atoms with Crippen molar-refractivity contribution < 1.29 is 0 Å². The van der Waals surface area contributed by atoms with Gasteiger partial charge in [-0.3, -0.25) is 0 Å². The van der Waals surface area contributed by atoms with Gasteiger partial charge in [-0.2, -0.15) is 0 Å². The minimum Gasteiger partial charge on any atom is -0.309 e. The highest BCUT2D eigenvalue weighted by atomic mass is 15.0. The van der Waals surface area contributed by atoms with Gasteiger partial charge < -0.3 is 9.13 Å². The van der Waals surface area contributed by atoms with Gasteiger partial charge in [-0.1, -0.05) is 140 Å². The van der Waals surface area contributed by atoms with E-state index in [0.29, 0.717) is 11.7 Å². The Morgan fingerprint density at radius 1 is 0.491 bits per heavy atom. The Hall–Kier alpha value is -7.30. The maximum Gasteiger partial charge on any atom is 0.160 e. The van der Waals surface area contributed by atoms with Crippen molar-refractivity contribution in [3.8, 4) is 56.4 Å². The van der Waals surface area contributed by atoms with Crippen molar-refractivity contribution in [1.82, 2.24) is 19.1 Å². The molecule has 1 unspecified atom stereocenters. The van der Waals surface area contributed by atoms with Gasteiger partial charge in [0.15, 0.2) is 5.82 Å². The lowest BCUT2D eigenvalue weighted by Gasteiger charge is -2.16. The highest BCUT2D eigenvalue weighted by molar-refractivity contribution is 6.25. The summed E-state index contributed by atoms with van der Waals surface area (Å²) in [6, 6.07) is 64.7. The molecular weight excluding hydrogens is 693 g/mol. The quantitative estimate of drug-likeness (QED) is 0.171. The lowest BCUT2D eigenvalue weighted by atomic mass is 9.89. The van der Waals surface area contributed by atoms with Gasteiger partial charge in [0.05, 0.1) is 27.9 Å². The average Bonchev–Trinajstić information content (AvgIpc) is 3.80. The summed E-state index contributed by atoms with van der Waals surface area (Å²) >= 11 is 0. The Labute approximate surface area is 331 Å². The highest BCUT2D eigenvalue weighted by Crippen LogP contribution is 2.47. The molecule has 57 heavy (non-hydrogen) atoms. The van der Waals surface area contributed by atoms with Crippen molar-refractivity contribution in [2.24, 2.45) is 5.92 Å². The fraction of sp³-hybridized carbons (Fsp3) is 0.0566. The summed E-state index contributed by atoms with van der Waals surface area (Å²) in [6.07, 6.45) is 5.69. The molecule has 1 aliphatic carbocycles. The van der Waals surface area contributed by atoms with Crippen LogP contribution in [-0.2, 0) is 6.42 Å². The molecule has 3 heterocycles. The largest absolute Gasteiger partial charge is 0.309 e. The van der Waals surface area contributed by atoms with Gasteiger partial charge in [0.1, 0.15) is 0 Å². The SMILES string of the molecule is CC1C=Cc2c(c3c(-c4ccccc4)cc4c(c5ccccc5n4-c4ccccc4)c3n2-c2ccc(-c3nc(-c4ccccc4)cc(-c4ccccc4)n3)cc2)C1. The Kier molecular flexibility index (Phi) is 7.82. The third kappa shape index (κ3) is 5.52. The number of nitrogens with zero attached hydrogens (tertiary/aromatic N) is 4. The van der Waals surface area contributed by atoms with E-state index in [1.807, 2.05) is 12.1 Å². The molecule has 0 spiro atoms. The number of para-hydroxylation sites is 2. The summed E-state index contributed by atoms with van der Waals surface area (Å²) in [7, 11) is 0. The maximum atomic E-state index is 5.14. The number of benzene rings is 7. The van der Waals surface area contributed by atoms with Gasteiger partial charge >= 0.3 is 0 Å². The second-order valence-electron chi connectivity index (χ2n) is 15.1. The lowest BCUT2D eigenvalue weighted by Crippen LogP contribution is -2.05. The molecule has 1 atom stereocenters. The zero-order valence-electron chi connectivity index (χ0n) is 31.5. The summed E-state index contributed by atoms with van der Waals surface area (Å²) < 4.78 is 4.96. The molecule has 4 nitrogen and oxygen atoms in total. The van der Waals surface area contributed by atoms with Crippen molar-refractivity contribution in [3.05, 3.63) is 199 Å². The van der Waals surface area contributed by atoms with Gasteiger partial charge in [0.2, 0.25) is 0 Å². The molecule has 0 fully saturated rings. The number of allylic oxidation sites excluding steroid dienone is 1. The molecule has 11 rings (SSSR count). The standard InChI is InChI=1S/C53H38N4/c1-35-26-31-48-44(32-35)50-43(36-16-6-2-7-17-36)33-49-51(42-24-14-15-25-47(42)56(49)40-22-12-5-13-23-40)52(50)57(48)41-29-27-39(28-30-41)53-54-45(37-18-8-3-9-19-37)34-46(55-53)38-20-10-4-11-21-38/h2-31,33-35H,32H2,1H3. The van der Waals surface area contributed by atoms with E-state index in [2.05, 4.69) is 198 Å². The van der Waals surface area contributed by atoms with Crippen LogP contribution in [0.1, 0.15) is 18.2 Å². The van der Waals surface area contributed by atoms with Crippen LogP contribution in [0.2, 0.25) is 0 Å². The zero-order chi connectivity index (χ0) is 37.9. The highest BCUT2D eigenvalue weighted by Gasteiger charge is 2.28. The van der Waals surface area contributed by atoms with Crippen LogP contribution in [0.5, 0.6) is 0 Å². The van der Waals surface area contributed by atoms with Crippen LogP contribution in [0, 0.1) is 5.92 Å². The maximum absolute atomic E-state index is 5.14. The molecule has 3 aromatic heterocycles. The predicted molar refractivity (Wildman–Crippen MR) is 237 cm³/mol. The first-order valence-electron chi connectivity index (χ1n) is 19.7. The van der Waals surface area contributed by atoms with Crippen LogP contribution in [0.25, 0.3) is 95.2 Å². The van der Waals surface area contributed by atoms with Gasteiger partial charge in [-0.05, 0) is 89.7 Å². The van der Waals surface area contributed by atoms with Crippen LogP contribution in [0.4, 0.5) is 0 Å². The Morgan fingerprint density at radius 2 is 1.05 bits per heavy atom. The molecular formula is C53H38N4. The minimum absolute atomic E-state index is 0.428. The van der Waals surface area contributed by atoms with Gasteiger partial charge in [0.25, 0.3) is 0 Å². The van der Waals surface area contributed by atoms with Crippen LogP contribution in [0.3, 0.4) is 0 Å². The van der Waals surface area contributed by atoms with Crippen molar-refractivity contribution in [2.45, 2.75) is 13.3 Å². The van der Waals surface area contributed by atoms with Crippen LogP contribution < -0.4 is 0 Å². The fourth-order valence-corrected chi connectivity index (χ4v) is 8.86. The number of aromatic nitrogens is 4. The van der Waals surface area contributed by atoms with Gasteiger partial charge in [-0.25, -0.2) is 9.97 Å². The van der Waals surface area contributed by atoms with E-state index in [0.717, 1.165) is 45.9 Å². The molecule has 10 aromatic rings. The molecule has 4 heteroatoms. The Balaban J connectivity index is 1.19. The lowest BCUT2D eigenvalue weighted by molar-refractivity contribution is 0.718. The van der Waals surface area contributed by atoms with E-state index in [9.17, 15) is 0 Å². The van der Waals surface area contributed by atoms with Crippen molar-refractivity contribution in [1.29, 1.82) is 0 Å². The van der Waals surface area contributed by atoms with Gasteiger partial charge in [0, 0.05) is 49.9 Å². The summed E-state index contributed by atoms with van der Waals surface area (Å²) in [4.78, 5) is 10.3. The van der Waals surface area contributed by atoms with Crippen molar-refractivity contribution in [3.63, 3.8) is 0 Å². The van der Waals surface area contributed by atoms with E-state index in [-0.39, 0.29) is 0 Å². The van der Waals surface area contributed by atoms with E-state index < -0.39 is 0 Å². The molecule has 0 bridgehead atoms. The first-order valence-corrected chi connectivity index (χ1v) is 19.7. The topological polar surface area (TPSA) is 35.6 Å². The molecule has 0 N–H and O–H groups in total. The summed E-state index contributed by atoms with van der Waals surface area (Å²) in [5.74, 6) is 1.13. The predicted octanol–water partition coefficient (Wildman–Crippen LogP) is 13.4. The first-order chi connectivity index (χ1) is 28.2. The third-order valence-corrected chi connectivity index (χ3v) is 11.5. The second kappa shape index (κ2) is 13.5. The molecule has 0 radical (unpaired) electrons. The zero-order valence-corrected chi connectivity index (χ0v) is 31.5. The normalized spacial score (nSPS) is 13.7. The van der Waals surface area contributed by atoms with Gasteiger partial charge in [-0.15, -0.1) is 0 Å². The molecule has 0 saturated carbocycles. The summed E-state index contributed by atoms with van der Waals surface area (Å²) in [5, 5.41) is 3.83. The molecule has 0 aliphatic heterocycles. The second-order valence-corrected chi connectivity index (χ2v) is 15.1. The molecule has 1 aliphatic rings. The average molecular weight is 731 g/mol. The van der Waals surface area contributed by atoms with Crippen molar-refractivity contribution in [2.75, 3.05) is 0 Å². The number of fused-ring (bicyclic) bond motifs is 7. The molecule has 7 aromatic carbocycles. The number of hydrogen-bond donors (Lipinski definition) is 0. The van der Waals surface area contributed by atoms with Crippen LogP contribution >= 0.6 is 0 Å². The third-order valence-electron chi connectivity index (χ3n) is 11.5. The number of rotatable bonds is 6. The Morgan fingerprint density at radius 3 is 1.70 bits per heavy atom. The van der Waals surface area contributed by atoms with Crippen molar-refractivity contribution >= 4 is 38.8 Å². The Bertz CT molecular complexity index is 3060. The fourth-order valence-electron chi connectivity index (χ4n) is 8.86. The van der Waals surface area contributed by atoms with Crippen LogP contribution in [-0.4, -0.2) is 19.1 Å². The van der Waals surface area contributed by atoms with E-state index >= 15 is 0 Å².